The lowest BCUT2D eigenvalue weighted by molar-refractivity contribution is 0.0944. The zero-order valence-corrected chi connectivity index (χ0v) is 13.9. The van der Waals surface area contributed by atoms with Gasteiger partial charge in [-0.05, 0) is 43.5 Å². The number of aliphatic hydroxyl groups excluding tert-OH is 1. The van der Waals surface area contributed by atoms with E-state index in [1.807, 2.05) is 13.8 Å². The van der Waals surface area contributed by atoms with Gasteiger partial charge in [0.1, 0.15) is 0 Å². The van der Waals surface area contributed by atoms with E-state index in [0.717, 1.165) is 5.56 Å². The molecule has 2 aromatic heterocycles. The molecule has 1 unspecified atom stereocenters. The Morgan fingerprint density at radius 3 is 2.83 bits per heavy atom. The molecular weight excluding hydrogens is 316 g/mol. The molecule has 3 N–H and O–H groups in total. The molecule has 1 atom stereocenters. The highest BCUT2D eigenvalue weighted by Gasteiger charge is 2.16. The van der Waals surface area contributed by atoms with Crippen molar-refractivity contribution in [3.63, 3.8) is 0 Å². The van der Waals surface area contributed by atoms with Crippen LogP contribution >= 0.6 is 11.3 Å². The SMILES string of the molecule is CCC(O)CCNC(=O)c1sc(NC(=O)c2ccco2)cc1C. The monoisotopic (exact) mass is 336 g/mol. The smallest absolute Gasteiger partial charge is 0.291 e. The average molecular weight is 336 g/mol. The zero-order valence-electron chi connectivity index (χ0n) is 13.1. The first-order chi connectivity index (χ1) is 11.0. The summed E-state index contributed by atoms with van der Waals surface area (Å²) in [5.74, 6) is -0.334. The summed E-state index contributed by atoms with van der Waals surface area (Å²) in [6.45, 7) is 4.12. The van der Waals surface area contributed by atoms with Gasteiger partial charge < -0.3 is 20.2 Å². The lowest BCUT2D eigenvalue weighted by atomic mass is 10.2. The van der Waals surface area contributed by atoms with E-state index in [0.29, 0.717) is 29.3 Å². The van der Waals surface area contributed by atoms with E-state index < -0.39 is 6.10 Å². The number of hydrogen-bond acceptors (Lipinski definition) is 5. The van der Waals surface area contributed by atoms with Gasteiger partial charge in [0.2, 0.25) is 0 Å². The van der Waals surface area contributed by atoms with Gasteiger partial charge in [-0.25, -0.2) is 0 Å². The number of nitrogens with one attached hydrogen (secondary N) is 2. The van der Waals surface area contributed by atoms with Crippen molar-refractivity contribution in [2.75, 3.05) is 11.9 Å². The number of carbonyl (C=O) groups is 2. The van der Waals surface area contributed by atoms with E-state index in [1.54, 1.807) is 18.2 Å². The number of aliphatic hydroxyl groups is 1. The lowest BCUT2D eigenvalue weighted by Crippen LogP contribution is -2.26. The first kappa shape index (κ1) is 17.2. The molecule has 2 aromatic rings. The van der Waals surface area contributed by atoms with Gasteiger partial charge in [0.05, 0.1) is 22.2 Å². The molecule has 6 nitrogen and oxygen atoms in total. The molecule has 0 aliphatic carbocycles. The molecule has 23 heavy (non-hydrogen) atoms. The number of furan rings is 1. The summed E-state index contributed by atoms with van der Waals surface area (Å²) < 4.78 is 5.03. The van der Waals surface area contributed by atoms with E-state index in [-0.39, 0.29) is 17.6 Å². The first-order valence-corrected chi connectivity index (χ1v) is 8.24. The van der Waals surface area contributed by atoms with Crippen LogP contribution in [0.5, 0.6) is 0 Å². The Hall–Kier alpha value is -2.12. The van der Waals surface area contributed by atoms with Gasteiger partial charge in [-0.15, -0.1) is 11.3 Å². The third-order valence-electron chi connectivity index (χ3n) is 3.34. The Labute approximate surface area is 138 Å². The van der Waals surface area contributed by atoms with Crippen molar-refractivity contribution in [1.29, 1.82) is 0 Å². The Kier molecular flexibility index (Phi) is 5.95. The Balaban J connectivity index is 1.95. The summed E-state index contributed by atoms with van der Waals surface area (Å²) in [5.41, 5.74) is 0.790. The van der Waals surface area contributed by atoms with Crippen molar-refractivity contribution < 1.29 is 19.1 Å². The number of carbonyl (C=O) groups excluding carboxylic acids is 2. The first-order valence-electron chi connectivity index (χ1n) is 7.42. The second kappa shape index (κ2) is 7.94. The lowest BCUT2D eigenvalue weighted by Gasteiger charge is -2.08. The van der Waals surface area contributed by atoms with Crippen LogP contribution in [0.2, 0.25) is 0 Å². The number of anilines is 1. The summed E-state index contributed by atoms with van der Waals surface area (Å²) in [6.07, 6.45) is 2.21. The van der Waals surface area contributed by atoms with Crippen LogP contribution in [0.4, 0.5) is 5.00 Å². The molecule has 0 spiro atoms. The predicted octanol–water partition coefficient (Wildman–Crippen LogP) is 2.79. The Bertz CT molecular complexity index is 664. The minimum absolute atomic E-state index is 0.200. The van der Waals surface area contributed by atoms with Crippen LogP contribution in [-0.2, 0) is 0 Å². The molecule has 0 fully saturated rings. The zero-order chi connectivity index (χ0) is 16.8. The van der Waals surface area contributed by atoms with Crippen molar-refractivity contribution in [2.24, 2.45) is 0 Å². The molecule has 2 rings (SSSR count). The summed E-state index contributed by atoms with van der Waals surface area (Å²) in [4.78, 5) is 24.6. The summed E-state index contributed by atoms with van der Waals surface area (Å²) >= 11 is 1.21. The van der Waals surface area contributed by atoms with Crippen LogP contribution < -0.4 is 10.6 Å². The van der Waals surface area contributed by atoms with Crippen molar-refractivity contribution in [3.05, 3.63) is 40.7 Å². The van der Waals surface area contributed by atoms with Crippen LogP contribution in [0, 0.1) is 6.92 Å². The van der Waals surface area contributed by atoms with Gasteiger partial charge in [0, 0.05) is 6.54 Å². The number of aryl methyl sites for hydroxylation is 1. The number of thiophene rings is 1. The van der Waals surface area contributed by atoms with E-state index in [4.69, 9.17) is 4.42 Å². The van der Waals surface area contributed by atoms with Crippen LogP contribution in [0.15, 0.2) is 28.9 Å². The maximum Gasteiger partial charge on any atom is 0.291 e. The summed E-state index contributed by atoms with van der Waals surface area (Å²) in [7, 11) is 0. The van der Waals surface area contributed by atoms with Crippen molar-refractivity contribution in [1.82, 2.24) is 5.32 Å². The van der Waals surface area contributed by atoms with E-state index in [1.165, 1.54) is 17.6 Å². The van der Waals surface area contributed by atoms with E-state index >= 15 is 0 Å². The highest BCUT2D eigenvalue weighted by atomic mass is 32.1. The van der Waals surface area contributed by atoms with Gasteiger partial charge in [-0.3, -0.25) is 9.59 Å². The second-order valence-electron chi connectivity index (χ2n) is 5.16. The fourth-order valence-corrected chi connectivity index (χ4v) is 2.97. The van der Waals surface area contributed by atoms with Gasteiger partial charge in [-0.2, -0.15) is 0 Å². The number of rotatable bonds is 7. The van der Waals surface area contributed by atoms with Crippen LogP contribution in [0.1, 0.15) is 45.6 Å². The molecule has 2 amide bonds. The van der Waals surface area contributed by atoms with Gasteiger partial charge in [0.25, 0.3) is 11.8 Å². The molecule has 0 aromatic carbocycles. The molecule has 7 heteroatoms. The van der Waals surface area contributed by atoms with Crippen LogP contribution in [-0.4, -0.2) is 29.6 Å². The van der Waals surface area contributed by atoms with Crippen LogP contribution in [0.3, 0.4) is 0 Å². The Morgan fingerprint density at radius 2 is 2.17 bits per heavy atom. The molecule has 0 radical (unpaired) electrons. The standard InChI is InChI=1S/C16H20N2O4S/c1-3-11(19)6-7-17-16(21)14-10(2)9-13(23-14)18-15(20)12-5-4-8-22-12/h4-5,8-9,11,19H,3,6-7H2,1-2H3,(H,17,21)(H,18,20). The van der Waals surface area contributed by atoms with Gasteiger partial charge in [0.15, 0.2) is 5.76 Å². The molecule has 0 bridgehead atoms. The van der Waals surface area contributed by atoms with E-state index in [9.17, 15) is 14.7 Å². The van der Waals surface area contributed by atoms with E-state index in [2.05, 4.69) is 10.6 Å². The molecule has 124 valence electrons. The minimum Gasteiger partial charge on any atom is -0.459 e. The number of hydrogen-bond donors (Lipinski definition) is 3. The molecule has 0 saturated heterocycles. The maximum atomic E-state index is 12.1. The molecule has 0 aliphatic heterocycles. The maximum absolute atomic E-state index is 12.1. The summed E-state index contributed by atoms with van der Waals surface area (Å²) in [5, 5.41) is 15.6. The average Bonchev–Trinajstić information content (AvgIpc) is 3.16. The third-order valence-corrected chi connectivity index (χ3v) is 4.49. The Morgan fingerprint density at radius 1 is 1.39 bits per heavy atom. The molecule has 2 heterocycles. The third kappa shape index (κ3) is 4.67. The highest BCUT2D eigenvalue weighted by Crippen LogP contribution is 2.27. The topological polar surface area (TPSA) is 91.6 Å². The number of amides is 2. The summed E-state index contributed by atoms with van der Waals surface area (Å²) in [6, 6.07) is 4.96. The molecule has 0 aliphatic rings. The quantitative estimate of drug-likeness (QED) is 0.725. The predicted molar refractivity (Wildman–Crippen MR) is 89.0 cm³/mol. The van der Waals surface area contributed by atoms with Gasteiger partial charge in [-0.1, -0.05) is 6.92 Å². The van der Waals surface area contributed by atoms with Gasteiger partial charge >= 0.3 is 0 Å². The highest BCUT2D eigenvalue weighted by molar-refractivity contribution is 7.18. The normalized spacial score (nSPS) is 12.0. The fourth-order valence-electron chi connectivity index (χ4n) is 1.99. The second-order valence-corrected chi connectivity index (χ2v) is 6.21. The minimum atomic E-state index is -0.400. The molecular formula is C16H20N2O4S. The van der Waals surface area contributed by atoms with Crippen molar-refractivity contribution in [2.45, 2.75) is 32.8 Å². The van der Waals surface area contributed by atoms with Crippen LogP contribution in [0.25, 0.3) is 0 Å². The largest absolute Gasteiger partial charge is 0.459 e. The molecule has 0 saturated carbocycles. The van der Waals surface area contributed by atoms with Crippen molar-refractivity contribution >= 4 is 28.2 Å². The fraction of sp³-hybridized carbons (Fsp3) is 0.375. The van der Waals surface area contributed by atoms with Crippen molar-refractivity contribution in [3.8, 4) is 0 Å².